The monoisotopic (exact) mass is 149 g/mol. The average Bonchev–Trinajstić information content (AvgIpc) is 1.96. The van der Waals surface area contributed by atoms with Crippen LogP contribution in [0.4, 0.5) is 0 Å². The van der Waals surface area contributed by atoms with Crippen LogP contribution in [0.1, 0.15) is 22.3 Å². The van der Waals surface area contributed by atoms with E-state index in [1.807, 2.05) is 26.8 Å². The summed E-state index contributed by atoms with van der Waals surface area (Å²) in [6.07, 6.45) is 0. The van der Waals surface area contributed by atoms with Crippen molar-refractivity contribution in [3.63, 3.8) is 0 Å². The molecule has 0 saturated heterocycles. The number of aryl methyl sites for hydroxylation is 2. The predicted octanol–water partition coefficient (Wildman–Crippen LogP) is 2.54. The van der Waals surface area contributed by atoms with Gasteiger partial charge in [-0.05, 0) is 37.5 Å². The highest BCUT2D eigenvalue weighted by molar-refractivity contribution is 5.36. The van der Waals surface area contributed by atoms with Crippen LogP contribution in [-0.4, -0.2) is 0 Å². The van der Waals surface area contributed by atoms with Crippen LogP contribution in [0.5, 0.6) is 0 Å². The first-order valence-corrected chi connectivity index (χ1v) is 3.80. The first-order valence-electron chi connectivity index (χ1n) is 3.80. The SMILES string of the molecule is Cc1cc(C)c(C)c(C[O])c1. The molecule has 0 heterocycles. The second kappa shape index (κ2) is 3.05. The zero-order chi connectivity index (χ0) is 8.43. The molecule has 0 fully saturated rings. The van der Waals surface area contributed by atoms with Gasteiger partial charge in [0.1, 0.15) is 6.61 Å². The topological polar surface area (TPSA) is 19.9 Å². The van der Waals surface area contributed by atoms with Crippen molar-refractivity contribution in [3.8, 4) is 0 Å². The van der Waals surface area contributed by atoms with Crippen molar-refractivity contribution in [3.05, 3.63) is 34.4 Å². The first kappa shape index (κ1) is 8.28. The Morgan fingerprint density at radius 1 is 1.18 bits per heavy atom. The third kappa shape index (κ3) is 1.60. The summed E-state index contributed by atoms with van der Waals surface area (Å²) in [4.78, 5) is 0. The third-order valence-corrected chi connectivity index (χ3v) is 2.07. The van der Waals surface area contributed by atoms with Gasteiger partial charge in [0.25, 0.3) is 0 Å². The van der Waals surface area contributed by atoms with Crippen molar-refractivity contribution in [2.24, 2.45) is 0 Å². The molecule has 0 amide bonds. The minimum absolute atomic E-state index is 0.103. The van der Waals surface area contributed by atoms with Crippen molar-refractivity contribution in [1.82, 2.24) is 0 Å². The van der Waals surface area contributed by atoms with Gasteiger partial charge in [0.2, 0.25) is 0 Å². The minimum atomic E-state index is -0.103. The highest BCUT2D eigenvalue weighted by Gasteiger charge is 2.00. The van der Waals surface area contributed by atoms with E-state index in [0.717, 1.165) is 11.1 Å². The zero-order valence-corrected chi connectivity index (χ0v) is 7.27. The van der Waals surface area contributed by atoms with Crippen LogP contribution in [0.25, 0.3) is 0 Å². The fraction of sp³-hybridized carbons (Fsp3) is 0.400. The fourth-order valence-corrected chi connectivity index (χ4v) is 1.28. The molecule has 0 aromatic heterocycles. The van der Waals surface area contributed by atoms with E-state index in [9.17, 15) is 5.11 Å². The van der Waals surface area contributed by atoms with Crippen LogP contribution in [0, 0.1) is 20.8 Å². The van der Waals surface area contributed by atoms with Gasteiger partial charge in [0, 0.05) is 0 Å². The molecule has 1 aromatic carbocycles. The first-order chi connectivity index (χ1) is 5.15. The lowest BCUT2D eigenvalue weighted by Gasteiger charge is -2.06. The molecule has 0 aliphatic heterocycles. The Labute approximate surface area is 67.7 Å². The van der Waals surface area contributed by atoms with Crippen LogP contribution >= 0.6 is 0 Å². The summed E-state index contributed by atoms with van der Waals surface area (Å²) < 4.78 is 0. The van der Waals surface area contributed by atoms with Crippen LogP contribution in [-0.2, 0) is 11.7 Å². The van der Waals surface area contributed by atoms with E-state index >= 15 is 0 Å². The van der Waals surface area contributed by atoms with Crippen molar-refractivity contribution < 1.29 is 5.11 Å². The van der Waals surface area contributed by atoms with E-state index in [1.165, 1.54) is 11.1 Å². The average molecular weight is 149 g/mol. The molecule has 1 nitrogen and oxygen atoms in total. The maximum Gasteiger partial charge on any atom is 0.108 e. The Bertz CT molecular complexity index is 264. The van der Waals surface area contributed by atoms with Crippen LogP contribution in [0.2, 0.25) is 0 Å². The molecule has 0 N–H and O–H groups in total. The van der Waals surface area contributed by atoms with E-state index in [-0.39, 0.29) is 6.61 Å². The molecule has 1 rings (SSSR count). The summed E-state index contributed by atoms with van der Waals surface area (Å²) in [5.41, 5.74) is 4.47. The van der Waals surface area contributed by atoms with Gasteiger partial charge in [-0.25, -0.2) is 5.11 Å². The van der Waals surface area contributed by atoms with E-state index < -0.39 is 0 Å². The molecule has 0 unspecified atom stereocenters. The molecule has 0 saturated carbocycles. The van der Waals surface area contributed by atoms with Gasteiger partial charge in [-0.2, -0.15) is 0 Å². The van der Waals surface area contributed by atoms with E-state index in [0.29, 0.717) is 0 Å². The fourth-order valence-electron chi connectivity index (χ4n) is 1.28. The molecule has 0 bridgehead atoms. The number of hydrogen-bond acceptors (Lipinski definition) is 0. The normalized spacial score (nSPS) is 10.2. The number of benzene rings is 1. The third-order valence-electron chi connectivity index (χ3n) is 2.07. The summed E-state index contributed by atoms with van der Waals surface area (Å²) in [6.45, 7) is 5.96. The Kier molecular flexibility index (Phi) is 2.30. The Hall–Kier alpha value is -0.820. The molecular weight excluding hydrogens is 136 g/mol. The lowest BCUT2D eigenvalue weighted by molar-refractivity contribution is 0.177. The molecule has 1 heteroatoms. The largest absolute Gasteiger partial charge is 0.232 e. The molecule has 59 valence electrons. The van der Waals surface area contributed by atoms with Crippen LogP contribution in [0.3, 0.4) is 0 Å². The molecule has 0 atom stereocenters. The molecule has 0 aliphatic rings. The summed E-state index contributed by atoms with van der Waals surface area (Å²) in [5, 5.41) is 10.7. The van der Waals surface area contributed by atoms with Gasteiger partial charge in [0.05, 0.1) is 0 Å². The van der Waals surface area contributed by atoms with E-state index in [2.05, 4.69) is 6.07 Å². The maximum atomic E-state index is 10.7. The molecule has 0 aliphatic carbocycles. The van der Waals surface area contributed by atoms with Crippen molar-refractivity contribution in [1.29, 1.82) is 0 Å². The summed E-state index contributed by atoms with van der Waals surface area (Å²) in [7, 11) is 0. The van der Waals surface area contributed by atoms with Crippen molar-refractivity contribution in [2.45, 2.75) is 27.4 Å². The quantitative estimate of drug-likeness (QED) is 0.584. The second-order valence-electron chi connectivity index (χ2n) is 3.01. The summed E-state index contributed by atoms with van der Waals surface area (Å²) >= 11 is 0. The van der Waals surface area contributed by atoms with E-state index in [1.54, 1.807) is 0 Å². The highest BCUT2D eigenvalue weighted by atomic mass is 16.3. The number of hydrogen-bond donors (Lipinski definition) is 0. The van der Waals surface area contributed by atoms with Gasteiger partial charge in [-0.1, -0.05) is 17.7 Å². The molecule has 0 spiro atoms. The Morgan fingerprint density at radius 3 is 2.36 bits per heavy atom. The molecule has 1 radical (unpaired) electrons. The van der Waals surface area contributed by atoms with Gasteiger partial charge < -0.3 is 0 Å². The van der Waals surface area contributed by atoms with Gasteiger partial charge in [-0.3, -0.25) is 0 Å². The predicted molar refractivity (Wildman–Crippen MR) is 45.0 cm³/mol. The van der Waals surface area contributed by atoms with Gasteiger partial charge in [0.15, 0.2) is 0 Å². The minimum Gasteiger partial charge on any atom is -0.232 e. The van der Waals surface area contributed by atoms with Crippen LogP contribution in [0.15, 0.2) is 12.1 Å². The highest BCUT2D eigenvalue weighted by Crippen LogP contribution is 2.15. The summed E-state index contributed by atoms with van der Waals surface area (Å²) in [5.74, 6) is 0. The van der Waals surface area contributed by atoms with Gasteiger partial charge in [-0.15, -0.1) is 0 Å². The maximum absolute atomic E-state index is 10.7. The second-order valence-corrected chi connectivity index (χ2v) is 3.01. The summed E-state index contributed by atoms with van der Waals surface area (Å²) in [6, 6.07) is 4.07. The lowest BCUT2D eigenvalue weighted by atomic mass is 10.0. The zero-order valence-electron chi connectivity index (χ0n) is 7.27. The van der Waals surface area contributed by atoms with Crippen molar-refractivity contribution >= 4 is 0 Å². The van der Waals surface area contributed by atoms with Crippen LogP contribution < -0.4 is 0 Å². The molecule has 11 heavy (non-hydrogen) atoms. The smallest absolute Gasteiger partial charge is 0.108 e. The standard InChI is InChI=1S/C10H13O/c1-7-4-8(2)9(3)10(5-7)6-11/h4-5H,6H2,1-3H3. The number of rotatable bonds is 1. The lowest BCUT2D eigenvalue weighted by Crippen LogP contribution is -1.92. The Balaban J connectivity index is 3.24. The van der Waals surface area contributed by atoms with Crippen molar-refractivity contribution in [2.75, 3.05) is 0 Å². The molecular formula is C10H13O. The Morgan fingerprint density at radius 2 is 1.82 bits per heavy atom. The molecule has 1 aromatic rings. The van der Waals surface area contributed by atoms with E-state index in [4.69, 9.17) is 0 Å². The van der Waals surface area contributed by atoms with Gasteiger partial charge >= 0.3 is 0 Å².